The van der Waals surface area contributed by atoms with E-state index in [4.69, 9.17) is 0 Å². The smallest absolute Gasteiger partial charge is 0.411 e. The summed E-state index contributed by atoms with van der Waals surface area (Å²) in [5.41, 5.74) is 1.38. The van der Waals surface area contributed by atoms with Crippen molar-refractivity contribution < 1.29 is 35.9 Å². The van der Waals surface area contributed by atoms with Gasteiger partial charge < -0.3 is 9.47 Å². The van der Waals surface area contributed by atoms with Gasteiger partial charge >= 0.3 is 12.1 Å². The molecule has 0 atom stereocenters. The van der Waals surface area contributed by atoms with E-state index >= 15 is 0 Å². The van der Waals surface area contributed by atoms with Gasteiger partial charge in [-0.1, -0.05) is 24.3 Å². The Hall–Kier alpha value is -2.43. The average molecular weight is 417 g/mol. The van der Waals surface area contributed by atoms with Crippen molar-refractivity contribution in [3.63, 3.8) is 0 Å². The van der Waals surface area contributed by atoms with Gasteiger partial charge in [-0.25, -0.2) is 17.9 Å². The Balaban J connectivity index is 1.92. The predicted molar refractivity (Wildman–Crippen MR) is 94.0 cm³/mol. The fourth-order valence-electron chi connectivity index (χ4n) is 2.19. The van der Waals surface area contributed by atoms with Crippen LogP contribution in [-0.4, -0.2) is 34.3 Å². The minimum absolute atomic E-state index is 0.00915. The molecule has 0 aromatic heterocycles. The van der Waals surface area contributed by atoms with Gasteiger partial charge in [0.15, 0.2) is 0 Å². The normalized spacial score (nSPS) is 12.0. The lowest BCUT2D eigenvalue weighted by Gasteiger charge is -2.09. The molecule has 0 saturated carbocycles. The van der Waals surface area contributed by atoms with Crippen LogP contribution in [0.25, 0.3) is 0 Å². The van der Waals surface area contributed by atoms with Crippen LogP contribution in [0.4, 0.5) is 13.2 Å². The van der Waals surface area contributed by atoms with Crippen molar-refractivity contribution in [1.29, 1.82) is 0 Å². The number of esters is 1. The summed E-state index contributed by atoms with van der Waals surface area (Å²) in [6.07, 6.45) is -4.38. The SMILES string of the molecule is COC(=O)c1ccc(S(=O)(=O)NCc2ccc(COCC(F)(F)F)cc2)cc1. The van der Waals surface area contributed by atoms with Crippen LogP contribution in [0.3, 0.4) is 0 Å². The maximum Gasteiger partial charge on any atom is 0.411 e. The maximum atomic E-state index is 12.3. The van der Waals surface area contributed by atoms with Gasteiger partial charge in [0.2, 0.25) is 10.0 Å². The van der Waals surface area contributed by atoms with Crippen molar-refractivity contribution in [1.82, 2.24) is 4.72 Å². The third-order valence-electron chi connectivity index (χ3n) is 3.61. The summed E-state index contributed by atoms with van der Waals surface area (Å²) >= 11 is 0. The van der Waals surface area contributed by atoms with Crippen molar-refractivity contribution >= 4 is 16.0 Å². The van der Waals surface area contributed by atoms with Crippen LogP contribution in [0, 0.1) is 0 Å². The molecule has 0 fully saturated rings. The molecule has 152 valence electrons. The van der Waals surface area contributed by atoms with Crippen molar-refractivity contribution in [3.05, 3.63) is 65.2 Å². The fraction of sp³-hybridized carbons (Fsp3) is 0.278. The van der Waals surface area contributed by atoms with Gasteiger partial charge in [0.25, 0.3) is 0 Å². The second-order valence-corrected chi connectivity index (χ2v) is 7.53. The highest BCUT2D eigenvalue weighted by molar-refractivity contribution is 7.89. The Bertz CT molecular complexity index is 894. The Morgan fingerprint density at radius 3 is 2.11 bits per heavy atom. The first-order valence-electron chi connectivity index (χ1n) is 8.01. The zero-order chi connectivity index (χ0) is 20.8. The zero-order valence-electron chi connectivity index (χ0n) is 14.8. The van der Waals surface area contributed by atoms with Gasteiger partial charge in [-0.3, -0.25) is 0 Å². The number of methoxy groups -OCH3 is 1. The summed E-state index contributed by atoms with van der Waals surface area (Å²) < 4.78 is 72.3. The maximum absolute atomic E-state index is 12.3. The number of sulfonamides is 1. The third-order valence-corrected chi connectivity index (χ3v) is 5.03. The molecule has 0 spiro atoms. The summed E-state index contributed by atoms with van der Waals surface area (Å²) in [4.78, 5) is 11.4. The van der Waals surface area contributed by atoms with Crippen LogP contribution in [-0.2, 0) is 32.6 Å². The van der Waals surface area contributed by atoms with Crippen LogP contribution in [0.15, 0.2) is 53.4 Å². The molecule has 10 heteroatoms. The molecule has 0 radical (unpaired) electrons. The molecule has 28 heavy (non-hydrogen) atoms. The minimum atomic E-state index is -4.38. The van der Waals surface area contributed by atoms with E-state index in [1.807, 2.05) is 0 Å². The highest BCUT2D eigenvalue weighted by atomic mass is 32.2. The van der Waals surface area contributed by atoms with Gasteiger partial charge in [0.1, 0.15) is 6.61 Å². The highest BCUT2D eigenvalue weighted by Crippen LogP contribution is 2.16. The molecule has 0 heterocycles. The number of benzene rings is 2. The molecule has 0 bridgehead atoms. The summed E-state index contributed by atoms with van der Waals surface area (Å²) in [5.74, 6) is -0.573. The van der Waals surface area contributed by atoms with E-state index in [9.17, 15) is 26.4 Å². The molecule has 0 aliphatic rings. The highest BCUT2D eigenvalue weighted by Gasteiger charge is 2.27. The Labute approximate surface area is 160 Å². The Morgan fingerprint density at radius 1 is 1.00 bits per heavy atom. The molecule has 1 N–H and O–H groups in total. The number of carbonyl (C=O) groups is 1. The van der Waals surface area contributed by atoms with E-state index in [0.29, 0.717) is 11.1 Å². The molecule has 0 unspecified atom stereocenters. The molecule has 2 rings (SSSR count). The van der Waals surface area contributed by atoms with Crippen molar-refractivity contribution in [3.8, 4) is 0 Å². The lowest BCUT2D eigenvalue weighted by Crippen LogP contribution is -2.23. The van der Waals surface area contributed by atoms with Gasteiger partial charge in [-0.05, 0) is 35.4 Å². The standard InChI is InChI=1S/C18H18F3NO5S/c1-26-17(23)15-6-8-16(9-7-15)28(24,25)22-10-13-2-4-14(5-3-13)11-27-12-18(19,20)21/h2-9,22H,10-12H2,1H3. The molecule has 0 aliphatic heterocycles. The van der Waals surface area contributed by atoms with Crippen LogP contribution < -0.4 is 4.72 Å². The quantitative estimate of drug-likeness (QED) is 0.668. The van der Waals surface area contributed by atoms with Crippen LogP contribution >= 0.6 is 0 Å². The summed E-state index contributed by atoms with van der Waals surface area (Å²) in [7, 11) is -2.58. The lowest BCUT2D eigenvalue weighted by molar-refractivity contribution is -0.176. The molecule has 0 amide bonds. The number of hydrogen-bond acceptors (Lipinski definition) is 5. The number of carbonyl (C=O) groups excluding carboxylic acids is 1. The minimum Gasteiger partial charge on any atom is -0.465 e. The first kappa shape index (κ1) is 21.9. The molecule has 2 aromatic rings. The van der Waals surface area contributed by atoms with Crippen LogP contribution in [0.2, 0.25) is 0 Å². The van der Waals surface area contributed by atoms with Gasteiger partial charge in [0, 0.05) is 6.54 Å². The second kappa shape index (κ2) is 9.18. The first-order chi connectivity index (χ1) is 13.1. The molecular weight excluding hydrogens is 399 g/mol. The summed E-state index contributed by atoms with van der Waals surface area (Å²) in [6.45, 7) is -1.54. The topological polar surface area (TPSA) is 81.7 Å². The fourth-order valence-corrected chi connectivity index (χ4v) is 3.21. The van der Waals surface area contributed by atoms with E-state index in [2.05, 4.69) is 14.2 Å². The number of rotatable bonds is 8. The lowest BCUT2D eigenvalue weighted by atomic mass is 10.1. The summed E-state index contributed by atoms with van der Waals surface area (Å²) in [5, 5.41) is 0. The number of hydrogen-bond donors (Lipinski definition) is 1. The molecular formula is C18H18F3NO5S. The number of nitrogens with one attached hydrogen (secondary N) is 1. The van der Waals surface area contributed by atoms with Gasteiger partial charge in [0.05, 0.1) is 24.2 Å². The van der Waals surface area contributed by atoms with Crippen molar-refractivity contribution in [2.75, 3.05) is 13.7 Å². The Kier molecular flexibility index (Phi) is 7.17. The van der Waals surface area contributed by atoms with E-state index in [-0.39, 0.29) is 23.6 Å². The average Bonchev–Trinajstić information content (AvgIpc) is 2.66. The Morgan fingerprint density at radius 2 is 1.57 bits per heavy atom. The summed E-state index contributed by atoms with van der Waals surface area (Å²) in [6, 6.07) is 11.6. The van der Waals surface area contributed by atoms with E-state index in [1.165, 1.54) is 31.4 Å². The molecule has 2 aromatic carbocycles. The number of ether oxygens (including phenoxy) is 2. The zero-order valence-corrected chi connectivity index (χ0v) is 15.6. The van der Waals surface area contributed by atoms with Crippen molar-refractivity contribution in [2.45, 2.75) is 24.2 Å². The van der Waals surface area contributed by atoms with Crippen LogP contribution in [0.5, 0.6) is 0 Å². The molecule has 0 aliphatic carbocycles. The molecule has 6 nitrogen and oxygen atoms in total. The van der Waals surface area contributed by atoms with Crippen LogP contribution in [0.1, 0.15) is 21.5 Å². The predicted octanol–water partition coefficient (Wildman–Crippen LogP) is 3.03. The third kappa shape index (κ3) is 6.63. The van der Waals surface area contributed by atoms with E-state index in [0.717, 1.165) is 0 Å². The second-order valence-electron chi connectivity index (χ2n) is 5.76. The molecule has 0 saturated heterocycles. The monoisotopic (exact) mass is 417 g/mol. The van der Waals surface area contributed by atoms with E-state index in [1.54, 1.807) is 24.3 Å². The van der Waals surface area contributed by atoms with E-state index < -0.39 is 28.8 Å². The first-order valence-corrected chi connectivity index (χ1v) is 9.49. The number of alkyl halides is 3. The number of halogens is 3. The van der Waals surface area contributed by atoms with Crippen molar-refractivity contribution in [2.24, 2.45) is 0 Å². The van der Waals surface area contributed by atoms with Gasteiger partial charge in [-0.15, -0.1) is 0 Å². The van der Waals surface area contributed by atoms with Gasteiger partial charge in [-0.2, -0.15) is 13.2 Å². The largest absolute Gasteiger partial charge is 0.465 e.